The Kier molecular flexibility index (Phi) is 3.44. The highest BCUT2D eigenvalue weighted by Gasteiger charge is 2.19. The van der Waals surface area contributed by atoms with Crippen LogP contribution in [0.3, 0.4) is 0 Å². The lowest BCUT2D eigenvalue weighted by Crippen LogP contribution is -2.32. The van der Waals surface area contributed by atoms with Gasteiger partial charge < -0.3 is 15.4 Å². The fraction of sp³-hybridized carbons (Fsp3) is 0.267. The maximum absolute atomic E-state index is 10.9. The normalized spacial score (nSPS) is 12.6. The summed E-state index contributed by atoms with van der Waals surface area (Å²) in [7, 11) is 1.97. The molecule has 2 aromatic rings. The average molecular weight is 258 g/mol. The van der Waals surface area contributed by atoms with E-state index in [9.17, 15) is 4.79 Å². The molecular weight excluding hydrogens is 240 g/mol. The van der Waals surface area contributed by atoms with Crippen LogP contribution in [0.2, 0.25) is 0 Å². The minimum atomic E-state index is -0.976. The summed E-state index contributed by atoms with van der Waals surface area (Å²) in [5.41, 5.74) is 9.81. The van der Waals surface area contributed by atoms with Crippen LogP contribution in [0, 0.1) is 6.92 Å². The number of aromatic nitrogens is 1. The Bertz CT molecular complexity index is 656. The zero-order chi connectivity index (χ0) is 14.2. The van der Waals surface area contributed by atoms with Gasteiger partial charge in [-0.2, -0.15) is 0 Å². The van der Waals surface area contributed by atoms with E-state index < -0.39 is 12.0 Å². The standard InChI is InChI=1S/C15H18N2O2/c1-4-10-6-5-7-11-12(8-13(16)15(18)19)9(2)17(3)14(10)11/h4-7,13H,1,8,16H2,2-3H3,(H,18,19). The number of rotatable bonds is 4. The summed E-state index contributed by atoms with van der Waals surface area (Å²) in [5, 5.41) is 10.0. The molecule has 0 radical (unpaired) electrons. The van der Waals surface area contributed by atoms with E-state index in [2.05, 4.69) is 11.1 Å². The number of carbonyl (C=O) groups is 1. The summed E-state index contributed by atoms with van der Waals surface area (Å²) in [6, 6.07) is 5.07. The van der Waals surface area contributed by atoms with E-state index in [1.165, 1.54) is 0 Å². The van der Waals surface area contributed by atoms with Crippen molar-refractivity contribution in [3.8, 4) is 0 Å². The van der Waals surface area contributed by atoms with Crippen LogP contribution in [-0.4, -0.2) is 21.7 Å². The van der Waals surface area contributed by atoms with Crippen LogP contribution in [0.5, 0.6) is 0 Å². The van der Waals surface area contributed by atoms with Crippen molar-refractivity contribution >= 4 is 22.9 Å². The number of benzene rings is 1. The van der Waals surface area contributed by atoms with E-state index in [4.69, 9.17) is 10.8 Å². The minimum Gasteiger partial charge on any atom is -0.480 e. The highest BCUT2D eigenvalue weighted by atomic mass is 16.4. The molecule has 19 heavy (non-hydrogen) atoms. The van der Waals surface area contributed by atoms with Gasteiger partial charge in [-0.05, 0) is 18.1 Å². The smallest absolute Gasteiger partial charge is 0.320 e. The van der Waals surface area contributed by atoms with Crippen molar-refractivity contribution in [3.05, 3.63) is 41.6 Å². The van der Waals surface area contributed by atoms with Crippen molar-refractivity contribution < 1.29 is 9.90 Å². The third-order valence-electron chi connectivity index (χ3n) is 3.63. The monoisotopic (exact) mass is 258 g/mol. The molecule has 0 aliphatic carbocycles. The zero-order valence-electron chi connectivity index (χ0n) is 11.2. The summed E-state index contributed by atoms with van der Waals surface area (Å²) in [5.74, 6) is -0.976. The molecule has 1 aromatic carbocycles. The van der Waals surface area contributed by atoms with Crippen molar-refractivity contribution in [2.75, 3.05) is 0 Å². The first-order valence-electron chi connectivity index (χ1n) is 6.15. The average Bonchev–Trinajstić information content (AvgIpc) is 2.63. The molecular formula is C15H18N2O2. The van der Waals surface area contributed by atoms with Crippen LogP contribution >= 0.6 is 0 Å². The molecule has 1 aromatic heterocycles. The van der Waals surface area contributed by atoms with Crippen molar-refractivity contribution in [2.45, 2.75) is 19.4 Å². The molecule has 0 saturated heterocycles. The van der Waals surface area contributed by atoms with Crippen LogP contribution in [0.15, 0.2) is 24.8 Å². The maximum Gasteiger partial charge on any atom is 0.320 e. The van der Waals surface area contributed by atoms with Crippen LogP contribution < -0.4 is 5.73 Å². The first kappa shape index (κ1) is 13.4. The fourth-order valence-corrected chi connectivity index (χ4v) is 2.47. The third kappa shape index (κ3) is 2.15. The van der Waals surface area contributed by atoms with Gasteiger partial charge in [0.05, 0.1) is 5.52 Å². The Labute approximate surface area is 112 Å². The molecule has 4 heteroatoms. The largest absolute Gasteiger partial charge is 0.480 e. The SMILES string of the molecule is C=Cc1cccc2c(CC(N)C(=O)O)c(C)n(C)c12. The first-order chi connectivity index (χ1) is 8.97. The second-order valence-electron chi connectivity index (χ2n) is 4.72. The topological polar surface area (TPSA) is 68.2 Å². The van der Waals surface area contributed by atoms with Gasteiger partial charge in [-0.1, -0.05) is 30.9 Å². The molecule has 3 N–H and O–H groups in total. The van der Waals surface area contributed by atoms with Gasteiger partial charge in [0.25, 0.3) is 0 Å². The van der Waals surface area contributed by atoms with Crippen molar-refractivity contribution in [1.29, 1.82) is 0 Å². The van der Waals surface area contributed by atoms with Gasteiger partial charge in [0.2, 0.25) is 0 Å². The molecule has 0 aliphatic rings. The molecule has 2 rings (SSSR count). The fourth-order valence-electron chi connectivity index (χ4n) is 2.47. The molecule has 1 heterocycles. The molecule has 4 nitrogen and oxygen atoms in total. The molecule has 1 atom stereocenters. The summed E-state index contributed by atoms with van der Waals surface area (Å²) >= 11 is 0. The van der Waals surface area contributed by atoms with Crippen LogP contribution in [0.4, 0.5) is 0 Å². The van der Waals surface area contributed by atoms with E-state index in [1.54, 1.807) is 0 Å². The van der Waals surface area contributed by atoms with Crippen molar-refractivity contribution in [3.63, 3.8) is 0 Å². The number of aliphatic carboxylic acids is 1. The van der Waals surface area contributed by atoms with Gasteiger partial charge in [-0.25, -0.2) is 0 Å². The molecule has 0 spiro atoms. The Balaban J connectivity index is 2.65. The second kappa shape index (κ2) is 4.90. The molecule has 0 saturated carbocycles. The van der Waals surface area contributed by atoms with E-state index in [0.29, 0.717) is 6.42 Å². The number of carboxylic acids is 1. The van der Waals surface area contributed by atoms with Gasteiger partial charge in [-0.3, -0.25) is 4.79 Å². The number of hydrogen-bond acceptors (Lipinski definition) is 2. The summed E-state index contributed by atoms with van der Waals surface area (Å²) < 4.78 is 2.07. The molecule has 0 fully saturated rings. The summed E-state index contributed by atoms with van der Waals surface area (Å²) in [4.78, 5) is 10.9. The molecule has 0 bridgehead atoms. The quantitative estimate of drug-likeness (QED) is 0.882. The Morgan fingerprint density at radius 1 is 1.58 bits per heavy atom. The Morgan fingerprint density at radius 2 is 2.26 bits per heavy atom. The Hall–Kier alpha value is -2.07. The predicted molar refractivity (Wildman–Crippen MR) is 77.1 cm³/mol. The lowest BCUT2D eigenvalue weighted by Gasteiger charge is -2.07. The van der Waals surface area contributed by atoms with Crippen molar-refractivity contribution in [2.24, 2.45) is 12.8 Å². The van der Waals surface area contributed by atoms with Crippen LogP contribution in [0.25, 0.3) is 17.0 Å². The minimum absolute atomic E-state index is 0.332. The zero-order valence-corrected chi connectivity index (χ0v) is 11.2. The van der Waals surface area contributed by atoms with Gasteiger partial charge in [0.15, 0.2) is 0 Å². The highest BCUT2D eigenvalue weighted by Crippen LogP contribution is 2.29. The molecule has 0 aliphatic heterocycles. The molecule has 1 unspecified atom stereocenters. The van der Waals surface area contributed by atoms with E-state index >= 15 is 0 Å². The molecule has 0 amide bonds. The summed E-state index contributed by atoms with van der Waals surface area (Å²) in [6.45, 7) is 5.80. The number of nitrogens with two attached hydrogens (primary N) is 1. The van der Waals surface area contributed by atoms with Gasteiger partial charge in [-0.15, -0.1) is 0 Å². The van der Waals surface area contributed by atoms with Gasteiger partial charge in [0.1, 0.15) is 6.04 Å². The Morgan fingerprint density at radius 3 is 2.84 bits per heavy atom. The van der Waals surface area contributed by atoms with Crippen LogP contribution in [-0.2, 0) is 18.3 Å². The van der Waals surface area contributed by atoms with Gasteiger partial charge in [0, 0.05) is 24.5 Å². The number of nitrogens with zero attached hydrogens (tertiary/aromatic N) is 1. The number of carboxylic acid groups (broad SMARTS) is 1. The number of aryl methyl sites for hydroxylation is 1. The second-order valence-corrected chi connectivity index (χ2v) is 4.72. The van der Waals surface area contributed by atoms with Gasteiger partial charge >= 0.3 is 5.97 Å². The third-order valence-corrected chi connectivity index (χ3v) is 3.63. The summed E-state index contributed by atoms with van der Waals surface area (Å²) in [6.07, 6.45) is 2.14. The van der Waals surface area contributed by atoms with Crippen molar-refractivity contribution in [1.82, 2.24) is 4.57 Å². The number of para-hydroxylation sites is 1. The predicted octanol–water partition coefficient (Wildman–Crippen LogP) is 2.08. The highest BCUT2D eigenvalue weighted by molar-refractivity contribution is 5.92. The maximum atomic E-state index is 10.9. The lowest BCUT2D eigenvalue weighted by atomic mass is 10.0. The van der Waals surface area contributed by atoms with Crippen LogP contribution in [0.1, 0.15) is 16.8 Å². The lowest BCUT2D eigenvalue weighted by molar-refractivity contribution is -0.138. The number of fused-ring (bicyclic) bond motifs is 1. The number of hydrogen-bond donors (Lipinski definition) is 2. The van der Waals surface area contributed by atoms with E-state index in [1.807, 2.05) is 38.2 Å². The molecule has 100 valence electrons. The van der Waals surface area contributed by atoms with E-state index in [0.717, 1.165) is 27.7 Å². The van der Waals surface area contributed by atoms with E-state index in [-0.39, 0.29) is 0 Å². The first-order valence-corrected chi connectivity index (χ1v) is 6.15.